The summed E-state index contributed by atoms with van der Waals surface area (Å²) in [6.07, 6.45) is 4.64. The molecule has 0 bridgehead atoms. The van der Waals surface area contributed by atoms with E-state index in [-0.39, 0.29) is 0 Å². The van der Waals surface area contributed by atoms with E-state index in [1.165, 1.54) is 25.8 Å². The second kappa shape index (κ2) is 7.56. The first-order valence-electron chi connectivity index (χ1n) is 4.99. The van der Waals surface area contributed by atoms with Crippen LogP contribution in [0.25, 0.3) is 0 Å². The molecule has 12 heavy (non-hydrogen) atoms. The SMILES string of the molecule is CC(C)N(C)CCCCCCO. The molecule has 1 N–H and O–H groups in total. The summed E-state index contributed by atoms with van der Waals surface area (Å²) in [5, 5.41) is 8.55. The third-order valence-corrected chi connectivity index (χ3v) is 2.30. The second-order valence-electron chi connectivity index (χ2n) is 3.71. The quantitative estimate of drug-likeness (QED) is 0.594. The number of aliphatic hydroxyl groups excluding tert-OH is 1. The van der Waals surface area contributed by atoms with Crippen molar-refractivity contribution in [2.45, 2.75) is 45.6 Å². The van der Waals surface area contributed by atoms with Crippen molar-refractivity contribution in [3.63, 3.8) is 0 Å². The summed E-state index contributed by atoms with van der Waals surface area (Å²) in [5.41, 5.74) is 0. The summed E-state index contributed by atoms with van der Waals surface area (Å²) in [5.74, 6) is 0. The highest BCUT2D eigenvalue weighted by atomic mass is 16.2. The van der Waals surface area contributed by atoms with Crippen LogP contribution in [-0.4, -0.2) is 36.2 Å². The summed E-state index contributed by atoms with van der Waals surface area (Å²) >= 11 is 0. The Morgan fingerprint density at radius 1 is 1.08 bits per heavy atom. The molecule has 0 aliphatic heterocycles. The van der Waals surface area contributed by atoms with Crippen LogP contribution in [-0.2, 0) is 0 Å². The summed E-state index contributed by atoms with van der Waals surface area (Å²) in [6, 6.07) is 0.655. The minimum atomic E-state index is 0.347. The maximum Gasteiger partial charge on any atom is 0.0431 e. The predicted molar refractivity (Wildman–Crippen MR) is 53.3 cm³/mol. The molecule has 0 fully saturated rings. The smallest absolute Gasteiger partial charge is 0.0431 e. The molecule has 0 unspecified atom stereocenters. The van der Waals surface area contributed by atoms with Crippen LogP contribution in [0.15, 0.2) is 0 Å². The normalized spacial score (nSPS) is 11.5. The molecule has 0 aromatic heterocycles. The van der Waals surface area contributed by atoms with Gasteiger partial charge in [0, 0.05) is 12.6 Å². The Morgan fingerprint density at radius 3 is 2.17 bits per heavy atom. The number of hydrogen-bond donors (Lipinski definition) is 1. The van der Waals surface area contributed by atoms with Crippen LogP contribution in [0.2, 0.25) is 0 Å². The lowest BCUT2D eigenvalue weighted by molar-refractivity contribution is 0.259. The number of rotatable bonds is 7. The average Bonchev–Trinajstić information content (AvgIpc) is 2.03. The molecule has 0 aromatic rings. The average molecular weight is 173 g/mol. The summed E-state index contributed by atoms with van der Waals surface area (Å²) in [6.45, 7) is 5.96. The molecule has 0 aliphatic carbocycles. The van der Waals surface area contributed by atoms with E-state index in [0.717, 1.165) is 6.42 Å². The van der Waals surface area contributed by atoms with Crippen molar-refractivity contribution in [2.24, 2.45) is 0 Å². The number of unbranched alkanes of at least 4 members (excludes halogenated alkanes) is 3. The Hall–Kier alpha value is -0.0800. The van der Waals surface area contributed by atoms with Crippen LogP contribution in [0.5, 0.6) is 0 Å². The largest absolute Gasteiger partial charge is 0.396 e. The third-order valence-electron chi connectivity index (χ3n) is 2.30. The highest BCUT2D eigenvalue weighted by Gasteiger charge is 2.01. The zero-order valence-corrected chi connectivity index (χ0v) is 8.71. The van der Waals surface area contributed by atoms with Gasteiger partial charge in [0.2, 0.25) is 0 Å². The molecule has 0 rings (SSSR count). The first-order chi connectivity index (χ1) is 5.68. The van der Waals surface area contributed by atoms with Gasteiger partial charge >= 0.3 is 0 Å². The zero-order chi connectivity index (χ0) is 9.40. The van der Waals surface area contributed by atoms with E-state index in [4.69, 9.17) is 5.11 Å². The first-order valence-corrected chi connectivity index (χ1v) is 4.99. The van der Waals surface area contributed by atoms with Gasteiger partial charge in [-0.3, -0.25) is 0 Å². The van der Waals surface area contributed by atoms with Gasteiger partial charge in [0.25, 0.3) is 0 Å². The summed E-state index contributed by atoms with van der Waals surface area (Å²) < 4.78 is 0. The van der Waals surface area contributed by atoms with Gasteiger partial charge in [0.15, 0.2) is 0 Å². The molecule has 0 radical (unpaired) electrons. The topological polar surface area (TPSA) is 23.5 Å². The molecule has 0 aliphatic rings. The molecule has 0 saturated carbocycles. The molecule has 2 nitrogen and oxygen atoms in total. The predicted octanol–water partition coefficient (Wildman–Crippen LogP) is 1.88. The Balaban J connectivity index is 3.08. The van der Waals surface area contributed by atoms with E-state index in [2.05, 4.69) is 25.8 Å². The van der Waals surface area contributed by atoms with Crippen molar-refractivity contribution >= 4 is 0 Å². The lowest BCUT2D eigenvalue weighted by atomic mass is 10.2. The van der Waals surface area contributed by atoms with Gasteiger partial charge in [0.05, 0.1) is 0 Å². The Morgan fingerprint density at radius 2 is 1.67 bits per heavy atom. The molecule has 74 valence electrons. The van der Waals surface area contributed by atoms with Crippen LogP contribution >= 0.6 is 0 Å². The van der Waals surface area contributed by atoms with Gasteiger partial charge in [-0.25, -0.2) is 0 Å². The number of aliphatic hydroxyl groups is 1. The van der Waals surface area contributed by atoms with E-state index >= 15 is 0 Å². The third kappa shape index (κ3) is 6.62. The molecule has 0 atom stereocenters. The van der Waals surface area contributed by atoms with E-state index in [1.54, 1.807) is 0 Å². The Kier molecular flexibility index (Phi) is 7.51. The van der Waals surface area contributed by atoms with E-state index in [0.29, 0.717) is 12.6 Å². The second-order valence-corrected chi connectivity index (χ2v) is 3.71. The van der Waals surface area contributed by atoms with Crippen molar-refractivity contribution in [1.29, 1.82) is 0 Å². The lowest BCUT2D eigenvalue weighted by Crippen LogP contribution is -2.27. The van der Waals surface area contributed by atoms with Crippen LogP contribution in [0, 0.1) is 0 Å². The van der Waals surface area contributed by atoms with Crippen molar-refractivity contribution < 1.29 is 5.11 Å². The van der Waals surface area contributed by atoms with Crippen molar-refractivity contribution in [3.8, 4) is 0 Å². The van der Waals surface area contributed by atoms with Gasteiger partial charge < -0.3 is 10.0 Å². The van der Waals surface area contributed by atoms with Gasteiger partial charge in [-0.1, -0.05) is 12.8 Å². The molecule has 0 amide bonds. The molecule has 0 spiro atoms. The van der Waals surface area contributed by atoms with Gasteiger partial charge in [0.1, 0.15) is 0 Å². The standard InChI is InChI=1S/C10H23NO/c1-10(2)11(3)8-6-4-5-7-9-12/h10,12H,4-9H2,1-3H3. The molecular weight excluding hydrogens is 150 g/mol. The molecule has 0 saturated heterocycles. The molecule has 0 aromatic carbocycles. The van der Waals surface area contributed by atoms with Gasteiger partial charge in [-0.05, 0) is 40.3 Å². The van der Waals surface area contributed by atoms with Crippen LogP contribution in [0.3, 0.4) is 0 Å². The van der Waals surface area contributed by atoms with Crippen molar-refractivity contribution in [2.75, 3.05) is 20.2 Å². The van der Waals surface area contributed by atoms with Crippen molar-refractivity contribution in [3.05, 3.63) is 0 Å². The Bertz CT molecular complexity index is 93.8. The maximum atomic E-state index is 8.55. The summed E-state index contributed by atoms with van der Waals surface area (Å²) in [4.78, 5) is 2.36. The van der Waals surface area contributed by atoms with E-state index < -0.39 is 0 Å². The van der Waals surface area contributed by atoms with Crippen LogP contribution in [0.4, 0.5) is 0 Å². The van der Waals surface area contributed by atoms with Gasteiger partial charge in [-0.15, -0.1) is 0 Å². The summed E-state index contributed by atoms with van der Waals surface area (Å²) in [7, 11) is 2.16. The van der Waals surface area contributed by atoms with E-state index in [9.17, 15) is 0 Å². The van der Waals surface area contributed by atoms with E-state index in [1.807, 2.05) is 0 Å². The Labute approximate surface area is 76.6 Å². The lowest BCUT2D eigenvalue weighted by Gasteiger charge is -2.20. The highest BCUT2D eigenvalue weighted by molar-refractivity contribution is 4.56. The molecule has 0 heterocycles. The van der Waals surface area contributed by atoms with Crippen molar-refractivity contribution in [1.82, 2.24) is 4.90 Å². The molecular formula is C10H23NO. The maximum absolute atomic E-state index is 8.55. The minimum absolute atomic E-state index is 0.347. The van der Waals surface area contributed by atoms with Gasteiger partial charge in [-0.2, -0.15) is 0 Å². The number of hydrogen-bond acceptors (Lipinski definition) is 2. The fourth-order valence-electron chi connectivity index (χ4n) is 1.08. The fraction of sp³-hybridized carbons (Fsp3) is 1.00. The van der Waals surface area contributed by atoms with Crippen LogP contribution in [0.1, 0.15) is 39.5 Å². The highest BCUT2D eigenvalue weighted by Crippen LogP contribution is 2.02. The molecule has 2 heteroatoms. The zero-order valence-electron chi connectivity index (χ0n) is 8.71. The monoisotopic (exact) mass is 173 g/mol. The first kappa shape index (κ1) is 11.9. The van der Waals surface area contributed by atoms with Crippen LogP contribution < -0.4 is 0 Å². The minimum Gasteiger partial charge on any atom is -0.396 e. The fourth-order valence-corrected chi connectivity index (χ4v) is 1.08. The number of nitrogens with zero attached hydrogens (tertiary/aromatic N) is 1.